The van der Waals surface area contributed by atoms with Gasteiger partial charge in [0, 0.05) is 59.5 Å². The van der Waals surface area contributed by atoms with E-state index in [1.807, 2.05) is 11.9 Å². The third-order valence-corrected chi connectivity index (χ3v) is 5.92. The second kappa shape index (κ2) is 11.4. The lowest BCUT2D eigenvalue weighted by molar-refractivity contribution is -0.135. The molecule has 3 saturated heterocycles. The number of rotatable bonds is 5. The number of piperazine rings is 1. The van der Waals surface area contributed by atoms with E-state index in [-0.39, 0.29) is 30.0 Å². The number of hydrogen-bond acceptors (Lipinski definition) is 4. The van der Waals surface area contributed by atoms with Crippen molar-refractivity contribution in [2.24, 2.45) is 4.99 Å². The predicted octanol–water partition coefficient (Wildman–Crippen LogP) is 1.38. The van der Waals surface area contributed by atoms with E-state index in [0.717, 1.165) is 77.6 Å². The van der Waals surface area contributed by atoms with Crippen LogP contribution in [0.3, 0.4) is 0 Å². The number of nitrogens with zero attached hydrogens (tertiary/aromatic N) is 4. The van der Waals surface area contributed by atoms with Crippen molar-refractivity contribution in [3.63, 3.8) is 0 Å². The summed E-state index contributed by atoms with van der Waals surface area (Å²) in [5.74, 6) is 1.27. The maximum absolute atomic E-state index is 12.6. The van der Waals surface area contributed by atoms with Gasteiger partial charge < -0.3 is 19.9 Å². The van der Waals surface area contributed by atoms with E-state index >= 15 is 0 Å². The lowest BCUT2D eigenvalue weighted by atomic mass is 10.2. The molecule has 1 N–H and O–H groups in total. The minimum atomic E-state index is -0.00950. The van der Waals surface area contributed by atoms with Gasteiger partial charge in [0.1, 0.15) is 0 Å². The Balaban J connectivity index is 0.00000261. The van der Waals surface area contributed by atoms with Gasteiger partial charge in [-0.25, -0.2) is 0 Å². The molecule has 2 unspecified atom stereocenters. The van der Waals surface area contributed by atoms with Crippen LogP contribution in [0.15, 0.2) is 4.99 Å². The molecule has 0 bridgehead atoms. The summed E-state index contributed by atoms with van der Waals surface area (Å²) in [6.45, 7) is 9.39. The van der Waals surface area contributed by atoms with E-state index in [0.29, 0.717) is 12.0 Å². The standard InChI is InChI=1S/C19H35N5O2.HI/c1-16(18(25)23-9-3-4-10-23)22-11-13-24(14-12-22)19(20-2)21-8-7-17-6-5-15-26-17;/h16-17H,3-15H2,1-2H3,(H,20,21);1H. The quantitative estimate of drug-likeness (QED) is 0.356. The van der Waals surface area contributed by atoms with Crippen molar-refractivity contribution < 1.29 is 9.53 Å². The highest BCUT2D eigenvalue weighted by Crippen LogP contribution is 2.15. The molecule has 3 aliphatic rings. The molecule has 7 nitrogen and oxygen atoms in total. The largest absolute Gasteiger partial charge is 0.378 e. The molecule has 0 aromatic carbocycles. The Morgan fingerprint density at radius 3 is 2.41 bits per heavy atom. The number of hydrogen-bond donors (Lipinski definition) is 1. The first-order valence-electron chi connectivity index (χ1n) is 10.3. The van der Waals surface area contributed by atoms with Gasteiger partial charge in [-0.05, 0) is 39.0 Å². The van der Waals surface area contributed by atoms with Crippen LogP contribution in [-0.2, 0) is 9.53 Å². The van der Waals surface area contributed by atoms with Crippen LogP contribution in [0.25, 0.3) is 0 Å². The molecule has 3 fully saturated rings. The van der Waals surface area contributed by atoms with E-state index in [1.54, 1.807) is 0 Å². The Kier molecular flexibility index (Phi) is 9.58. The molecule has 0 aromatic heterocycles. The van der Waals surface area contributed by atoms with E-state index in [9.17, 15) is 4.79 Å². The molecular weight excluding hydrogens is 457 g/mol. The minimum Gasteiger partial charge on any atom is -0.378 e. The zero-order valence-electron chi connectivity index (χ0n) is 16.9. The third-order valence-electron chi connectivity index (χ3n) is 5.92. The Morgan fingerprint density at radius 1 is 1.11 bits per heavy atom. The second-order valence-electron chi connectivity index (χ2n) is 7.63. The first kappa shape index (κ1) is 22.7. The number of carbonyl (C=O) groups excluding carboxylic acids is 1. The Bertz CT molecular complexity index is 484. The number of ether oxygens (including phenoxy) is 1. The van der Waals surface area contributed by atoms with Crippen molar-refractivity contribution in [3.8, 4) is 0 Å². The highest BCUT2D eigenvalue weighted by atomic mass is 127. The highest BCUT2D eigenvalue weighted by Gasteiger charge is 2.30. The molecule has 0 saturated carbocycles. The summed E-state index contributed by atoms with van der Waals surface area (Å²) < 4.78 is 5.68. The van der Waals surface area contributed by atoms with Crippen molar-refractivity contribution in [2.45, 2.75) is 51.2 Å². The lowest BCUT2D eigenvalue weighted by Gasteiger charge is -2.39. The summed E-state index contributed by atoms with van der Waals surface area (Å²) in [6, 6.07) is -0.00950. The molecule has 3 rings (SSSR count). The fraction of sp³-hybridized carbons (Fsp3) is 0.895. The molecule has 156 valence electrons. The average Bonchev–Trinajstić information content (AvgIpc) is 3.38. The number of nitrogens with one attached hydrogen (secondary N) is 1. The minimum absolute atomic E-state index is 0. The van der Waals surface area contributed by atoms with Crippen LogP contribution < -0.4 is 5.32 Å². The van der Waals surface area contributed by atoms with Gasteiger partial charge in [0.2, 0.25) is 5.91 Å². The lowest BCUT2D eigenvalue weighted by Crippen LogP contribution is -2.57. The van der Waals surface area contributed by atoms with Crippen LogP contribution in [0.2, 0.25) is 0 Å². The van der Waals surface area contributed by atoms with Crippen molar-refractivity contribution in [2.75, 3.05) is 59.5 Å². The maximum Gasteiger partial charge on any atom is 0.239 e. The fourth-order valence-corrected chi connectivity index (χ4v) is 4.23. The number of aliphatic imine (C=N–C) groups is 1. The summed E-state index contributed by atoms with van der Waals surface area (Å²) in [4.78, 5) is 23.7. The zero-order valence-corrected chi connectivity index (χ0v) is 19.2. The summed E-state index contributed by atoms with van der Waals surface area (Å²) >= 11 is 0. The first-order valence-corrected chi connectivity index (χ1v) is 10.3. The monoisotopic (exact) mass is 493 g/mol. The molecule has 0 radical (unpaired) electrons. The van der Waals surface area contributed by atoms with Crippen LogP contribution in [-0.4, -0.2) is 98.2 Å². The predicted molar refractivity (Wildman–Crippen MR) is 119 cm³/mol. The molecule has 2 atom stereocenters. The molecule has 0 aliphatic carbocycles. The number of amides is 1. The Morgan fingerprint density at radius 2 is 1.81 bits per heavy atom. The zero-order chi connectivity index (χ0) is 18.4. The normalized spacial score (nSPS) is 25.4. The summed E-state index contributed by atoms with van der Waals surface area (Å²) in [5.41, 5.74) is 0. The Hall–Kier alpha value is -0.610. The molecular formula is C19H36IN5O2. The van der Waals surface area contributed by atoms with Crippen LogP contribution >= 0.6 is 24.0 Å². The molecule has 27 heavy (non-hydrogen) atoms. The van der Waals surface area contributed by atoms with Crippen molar-refractivity contribution in [1.29, 1.82) is 0 Å². The smallest absolute Gasteiger partial charge is 0.239 e. The van der Waals surface area contributed by atoms with Gasteiger partial charge in [-0.2, -0.15) is 0 Å². The van der Waals surface area contributed by atoms with E-state index < -0.39 is 0 Å². The van der Waals surface area contributed by atoms with Gasteiger partial charge in [0.25, 0.3) is 0 Å². The van der Waals surface area contributed by atoms with E-state index in [4.69, 9.17) is 4.74 Å². The topological polar surface area (TPSA) is 60.4 Å². The molecule has 0 spiro atoms. The van der Waals surface area contributed by atoms with Crippen LogP contribution in [0.5, 0.6) is 0 Å². The highest BCUT2D eigenvalue weighted by molar-refractivity contribution is 14.0. The van der Waals surface area contributed by atoms with E-state index in [2.05, 4.69) is 27.0 Å². The maximum atomic E-state index is 12.6. The molecule has 8 heteroatoms. The average molecular weight is 493 g/mol. The van der Waals surface area contributed by atoms with Gasteiger partial charge in [-0.3, -0.25) is 14.7 Å². The van der Waals surface area contributed by atoms with Gasteiger partial charge in [-0.1, -0.05) is 0 Å². The van der Waals surface area contributed by atoms with E-state index in [1.165, 1.54) is 12.8 Å². The van der Waals surface area contributed by atoms with Gasteiger partial charge >= 0.3 is 0 Å². The fourth-order valence-electron chi connectivity index (χ4n) is 4.23. The second-order valence-corrected chi connectivity index (χ2v) is 7.63. The molecule has 3 aliphatic heterocycles. The molecule has 0 aromatic rings. The van der Waals surface area contributed by atoms with Crippen LogP contribution in [0, 0.1) is 0 Å². The number of likely N-dealkylation sites (tertiary alicyclic amines) is 1. The van der Waals surface area contributed by atoms with Crippen molar-refractivity contribution in [1.82, 2.24) is 20.0 Å². The van der Waals surface area contributed by atoms with Crippen LogP contribution in [0.1, 0.15) is 39.0 Å². The molecule has 1 amide bonds. The van der Waals surface area contributed by atoms with Gasteiger partial charge in [0.15, 0.2) is 5.96 Å². The summed E-state index contributed by atoms with van der Waals surface area (Å²) in [7, 11) is 1.85. The third kappa shape index (κ3) is 6.19. The van der Waals surface area contributed by atoms with Crippen molar-refractivity contribution >= 4 is 35.8 Å². The number of carbonyl (C=O) groups is 1. The SMILES string of the molecule is CN=C(NCCC1CCCO1)N1CCN(C(C)C(=O)N2CCCC2)CC1.I. The number of halogens is 1. The first-order chi connectivity index (χ1) is 12.7. The van der Waals surface area contributed by atoms with Gasteiger partial charge in [-0.15, -0.1) is 24.0 Å². The summed E-state index contributed by atoms with van der Waals surface area (Å²) in [6.07, 6.45) is 6.13. The van der Waals surface area contributed by atoms with Gasteiger partial charge in [0.05, 0.1) is 12.1 Å². The van der Waals surface area contributed by atoms with Crippen LogP contribution in [0.4, 0.5) is 0 Å². The Labute approximate surface area is 180 Å². The van der Waals surface area contributed by atoms with Crippen molar-refractivity contribution in [3.05, 3.63) is 0 Å². The number of guanidine groups is 1. The molecule has 3 heterocycles. The summed E-state index contributed by atoms with van der Waals surface area (Å²) in [5, 5.41) is 3.48.